The second-order valence-corrected chi connectivity index (χ2v) is 1.57. The number of benzene rings is 1. The van der Waals surface area contributed by atoms with Crippen LogP contribution in [0.15, 0.2) is 18.2 Å². The molecule has 0 aliphatic heterocycles. The minimum atomic E-state index is -0.500. The van der Waals surface area contributed by atoms with Crippen molar-refractivity contribution in [3.05, 3.63) is 35.6 Å². The molecule has 0 atom stereocenters. The molecule has 0 aliphatic carbocycles. The quantitative estimate of drug-likeness (QED) is 0.516. The first-order valence-electron chi connectivity index (χ1n) is 2.46. The van der Waals surface area contributed by atoms with Crippen LogP contribution in [0.2, 0.25) is 0 Å². The average Bonchev–Trinajstić information content (AvgIpc) is 1.88. The molecule has 0 aliphatic rings. The Balaban J connectivity index is 3.07. The largest absolute Gasteiger partial charge is 0.298 e. The maximum atomic E-state index is 12.1. The highest BCUT2D eigenvalue weighted by atomic mass is 19.1. The van der Waals surface area contributed by atoms with E-state index >= 15 is 0 Å². The lowest BCUT2D eigenvalue weighted by molar-refractivity contribution is 0.112. The van der Waals surface area contributed by atoms with Gasteiger partial charge in [-0.1, -0.05) is 12.1 Å². The third-order valence-corrected chi connectivity index (χ3v) is 0.909. The fourth-order valence-electron chi connectivity index (χ4n) is 0.526. The number of rotatable bonds is 1. The van der Waals surface area contributed by atoms with Crippen LogP contribution in [0.1, 0.15) is 10.4 Å². The fourth-order valence-corrected chi connectivity index (χ4v) is 0.526. The second-order valence-electron chi connectivity index (χ2n) is 1.57. The monoisotopic (exact) mass is 123 g/mol. The summed E-state index contributed by atoms with van der Waals surface area (Å²) in [7, 11) is 0. The SMILES string of the molecule is O=Cc1[c]c(F)ccc1. The van der Waals surface area contributed by atoms with Gasteiger partial charge in [0.15, 0.2) is 6.29 Å². The van der Waals surface area contributed by atoms with E-state index < -0.39 is 5.82 Å². The minimum absolute atomic E-state index is 0.245. The van der Waals surface area contributed by atoms with Crippen molar-refractivity contribution in [1.82, 2.24) is 0 Å². The predicted molar refractivity (Wildman–Crippen MR) is 30.6 cm³/mol. The number of halogens is 1. The molecule has 1 aromatic carbocycles. The molecular weight excluding hydrogens is 119 g/mol. The number of aldehydes is 1. The van der Waals surface area contributed by atoms with Gasteiger partial charge in [0.2, 0.25) is 0 Å². The molecule has 0 spiro atoms. The van der Waals surface area contributed by atoms with Crippen molar-refractivity contribution >= 4 is 6.29 Å². The van der Waals surface area contributed by atoms with Crippen molar-refractivity contribution in [1.29, 1.82) is 0 Å². The van der Waals surface area contributed by atoms with E-state index in [1.165, 1.54) is 18.2 Å². The number of carbonyl (C=O) groups excluding carboxylic acids is 1. The van der Waals surface area contributed by atoms with Gasteiger partial charge in [-0.25, -0.2) is 4.39 Å². The average molecular weight is 123 g/mol. The highest BCUT2D eigenvalue weighted by Gasteiger charge is 1.90. The molecule has 45 valence electrons. The predicted octanol–water partition coefficient (Wildman–Crippen LogP) is 1.44. The lowest BCUT2D eigenvalue weighted by Gasteiger charge is -1.85. The first-order valence-corrected chi connectivity index (χ1v) is 2.46. The smallest absolute Gasteiger partial charge is 0.150 e. The van der Waals surface area contributed by atoms with Gasteiger partial charge in [0.25, 0.3) is 0 Å². The van der Waals surface area contributed by atoms with Crippen LogP contribution in [0.3, 0.4) is 0 Å². The van der Waals surface area contributed by atoms with Crippen LogP contribution in [-0.4, -0.2) is 6.29 Å². The first-order chi connectivity index (χ1) is 4.33. The second kappa shape index (κ2) is 2.40. The van der Waals surface area contributed by atoms with Crippen molar-refractivity contribution in [2.45, 2.75) is 0 Å². The van der Waals surface area contributed by atoms with Crippen LogP contribution >= 0.6 is 0 Å². The van der Waals surface area contributed by atoms with Gasteiger partial charge < -0.3 is 0 Å². The number of hydrogen-bond acceptors (Lipinski definition) is 1. The first kappa shape index (κ1) is 5.95. The third kappa shape index (κ3) is 1.35. The van der Waals surface area contributed by atoms with Crippen molar-refractivity contribution in [3.8, 4) is 0 Å². The van der Waals surface area contributed by atoms with Crippen LogP contribution in [0.25, 0.3) is 0 Å². The van der Waals surface area contributed by atoms with Crippen LogP contribution in [0.5, 0.6) is 0 Å². The molecule has 0 saturated heterocycles. The Bertz CT molecular complexity index is 220. The Morgan fingerprint density at radius 1 is 1.56 bits per heavy atom. The summed E-state index contributed by atoms with van der Waals surface area (Å²) >= 11 is 0. The fraction of sp³-hybridized carbons (Fsp3) is 0. The molecule has 1 nitrogen and oxygen atoms in total. The Morgan fingerprint density at radius 2 is 2.33 bits per heavy atom. The van der Waals surface area contributed by atoms with Crippen molar-refractivity contribution in [3.63, 3.8) is 0 Å². The van der Waals surface area contributed by atoms with E-state index in [4.69, 9.17) is 0 Å². The Hall–Kier alpha value is -1.18. The standard InChI is InChI=1S/C7H4FO/c8-7-3-1-2-6(4-7)5-9/h1-3,5H. The zero-order valence-electron chi connectivity index (χ0n) is 4.60. The highest BCUT2D eigenvalue weighted by Crippen LogP contribution is 1.97. The Kier molecular flexibility index (Phi) is 1.58. The van der Waals surface area contributed by atoms with Gasteiger partial charge in [-0.2, -0.15) is 0 Å². The molecule has 0 aromatic heterocycles. The topological polar surface area (TPSA) is 17.1 Å². The van der Waals surface area contributed by atoms with E-state index in [1.54, 1.807) is 0 Å². The van der Waals surface area contributed by atoms with Gasteiger partial charge in [-0.15, -0.1) is 0 Å². The van der Waals surface area contributed by atoms with E-state index in [-0.39, 0.29) is 5.56 Å². The van der Waals surface area contributed by atoms with Gasteiger partial charge in [0.05, 0.1) is 0 Å². The summed E-state index contributed by atoms with van der Waals surface area (Å²) < 4.78 is 12.1. The summed E-state index contributed by atoms with van der Waals surface area (Å²) in [4.78, 5) is 9.96. The minimum Gasteiger partial charge on any atom is -0.298 e. The molecule has 0 N–H and O–H groups in total. The lowest BCUT2D eigenvalue weighted by Crippen LogP contribution is -1.80. The highest BCUT2D eigenvalue weighted by molar-refractivity contribution is 5.73. The normalized spacial score (nSPS) is 9.00. The summed E-state index contributed by atoms with van der Waals surface area (Å²) in [5, 5.41) is 0. The molecule has 0 fully saturated rings. The van der Waals surface area contributed by atoms with E-state index in [0.717, 1.165) is 0 Å². The molecule has 0 saturated carbocycles. The zero-order valence-corrected chi connectivity index (χ0v) is 4.60. The van der Waals surface area contributed by atoms with Crippen molar-refractivity contribution in [2.75, 3.05) is 0 Å². The lowest BCUT2D eigenvalue weighted by atomic mass is 10.2. The van der Waals surface area contributed by atoms with E-state index in [9.17, 15) is 9.18 Å². The molecule has 1 aromatic rings. The van der Waals surface area contributed by atoms with Gasteiger partial charge >= 0.3 is 0 Å². The summed E-state index contributed by atoms with van der Waals surface area (Å²) in [6, 6.07) is 6.43. The number of hydrogen-bond donors (Lipinski definition) is 0. The van der Waals surface area contributed by atoms with Gasteiger partial charge in [0, 0.05) is 11.6 Å². The van der Waals surface area contributed by atoms with E-state index in [1.807, 2.05) is 0 Å². The number of carbonyl (C=O) groups is 1. The molecule has 1 radical (unpaired) electrons. The Labute approximate surface area is 52.1 Å². The van der Waals surface area contributed by atoms with Crippen molar-refractivity contribution < 1.29 is 9.18 Å². The Morgan fingerprint density at radius 3 is 2.78 bits per heavy atom. The van der Waals surface area contributed by atoms with Crippen LogP contribution in [-0.2, 0) is 0 Å². The maximum absolute atomic E-state index is 12.1. The van der Waals surface area contributed by atoms with Crippen LogP contribution in [0, 0.1) is 11.9 Å². The summed E-state index contributed by atoms with van der Waals surface area (Å²) in [5.74, 6) is -0.500. The van der Waals surface area contributed by atoms with Gasteiger partial charge in [-0.05, 0) is 6.07 Å². The third-order valence-electron chi connectivity index (χ3n) is 0.909. The molecular formula is C7H4FO. The zero-order chi connectivity index (χ0) is 6.69. The molecule has 2 heteroatoms. The van der Waals surface area contributed by atoms with E-state index in [2.05, 4.69) is 6.07 Å². The summed E-state index contributed by atoms with van der Waals surface area (Å²) in [5.41, 5.74) is 0.245. The van der Waals surface area contributed by atoms with E-state index in [0.29, 0.717) is 6.29 Å². The molecule has 0 bridgehead atoms. The van der Waals surface area contributed by atoms with Crippen LogP contribution in [0.4, 0.5) is 4.39 Å². The molecule has 1 rings (SSSR count). The van der Waals surface area contributed by atoms with Gasteiger partial charge in [0.1, 0.15) is 5.82 Å². The maximum Gasteiger partial charge on any atom is 0.150 e. The molecule has 0 heterocycles. The summed E-state index contributed by atoms with van der Waals surface area (Å²) in [6.45, 7) is 0. The van der Waals surface area contributed by atoms with Crippen LogP contribution < -0.4 is 0 Å². The molecule has 0 amide bonds. The van der Waals surface area contributed by atoms with Gasteiger partial charge in [-0.3, -0.25) is 4.79 Å². The summed E-state index contributed by atoms with van der Waals surface area (Å²) in [6.07, 6.45) is 0.559. The molecule has 0 unspecified atom stereocenters. The molecule has 9 heavy (non-hydrogen) atoms. The van der Waals surface area contributed by atoms with Crippen molar-refractivity contribution in [2.24, 2.45) is 0 Å².